The summed E-state index contributed by atoms with van der Waals surface area (Å²) in [6.45, 7) is 5.88. The molecule has 1 aliphatic heterocycles. The maximum atomic E-state index is 12.2. The Hall–Kier alpha value is -0.570. The second kappa shape index (κ2) is 6.89. The molecule has 1 saturated heterocycles. The van der Waals surface area contributed by atoms with E-state index in [-0.39, 0.29) is 0 Å². The third-order valence-electron chi connectivity index (χ3n) is 3.79. The lowest BCUT2D eigenvalue weighted by atomic mass is 9.96. The molecule has 2 unspecified atom stereocenters. The van der Waals surface area contributed by atoms with Gasteiger partial charge in [-0.3, -0.25) is 4.79 Å². The van der Waals surface area contributed by atoms with E-state index in [4.69, 9.17) is 5.73 Å². The van der Waals surface area contributed by atoms with Crippen molar-refractivity contribution in [2.24, 2.45) is 11.7 Å². The number of amides is 1. The highest BCUT2D eigenvalue weighted by Crippen LogP contribution is 2.21. The van der Waals surface area contributed by atoms with Crippen LogP contribution in [0.15, 0.2) is 0 Å². The minimum atomic E-state index is 0.323. The van der Waals surface area contributed by atoms with Gasteiger partial charge in [-0.2, -0.15) is 0 Å². The van der Waals surface area contributed by atoms with Crippen LogP contribution in [0, 0.1) is 5.92 Å². The molecule has 1 heterocycles. The van der Waals surface area contributed by atoms with E-state index in [0.29, 0.717) is 30.8 Å². The molecule has 1 amide bonds. The molecule has 0 bridgehead atoms. The summed E-state index contributed by atoms with van der Waals surface area (Å²) in [7, 11) is 0. The molecule has 0 saturated carbocycles. The number of nitrogens with two attached hydrogens (primary N) is 1. The molecule has 1 aliphatic rings. The van der Waals surface area contributed by atoms with Crippen molar-refractivity contribution >= 4 is 5.91 Å². The summed E-state index contributed by atoms with van der Waals surface area (Å²) in [6, 6.07) is 0.483. The highest BCUT2D eigenvalue weighted by molar-refractivity contribution is 5.76. The van der Waals surface area contributed by atoms with Crippen LogP contribution in [0.4, 0.5) is 0 Å². The molecular weight excluding hydrogens is 200 g/mol. The van der Waals surface area contributed by atoms with Gasteiger partial charge in [0.2, 0.25) is 5.91 Å². The van der Waals surface area contributed by atoms with Crippen molar-refractivity contribution in [2.75, 3.05) is 13.1 Å². The number of rotatable bonds is 5. The number of likely N-dealkylation sites (tertiary alicyclic amines) is 1. The number of carbonyl (C=O) groups is 1. The van der Waals surface area contributed by atoms with E-state index in [0.717, 1.165) is 19.4 Å². The Labute approximate surface area is 99.4 Å². The summed E-state index contributed by atoms with van der Waals surface area (Å²) in [6.07, 6.45) is 6.36. The molecular formula is C13H26N2O. The predicted molar refractivity (Wildman–Crippen MR) is 67.1 cm³/mol. The van der Waals surface area contributed by atoms with E-state index in [1.54, 1.807) is 0 Å². The van der Waals surface area contributed by atoms with Crippen LogP contribution >= 0.6 is 0 Å². The summed E-state index contributed by atoms with van der Waals surface area (Å²) in [5.74, 6) is 0.691. The van der Waals surface area contributed by atoms with Crippen LogP contribution in [0.3, 0.4) is 0 Å². The van der Waals surface area contributed by atoms with Crippen LogP contribution in [0.25, 0.3) is 0 Å². The quantitative estimate of drug-likeness (QED) is 0.781. The number of nitrogens with zero attached hydrogens (tertiary/aromatic N) is 1. The fraction of sp³-hybridized carbons (Fsp3) is 0.923. The van der Waals surface area contributed by atoms with Gasteiger partial charge in [0.1, 0.15) is 0 Å². The summed E-state index contributed by atoms with van der Waals surface area (Å²) in [5.41, 5.74) is 5.66. The van der Waals surface area contributed by atoms with Crippen LogP contribution in [0.1, 0.15) is 52.4 Å². The first kappa shape index (κ1) is 13.5. The fourth-order valence-corrected chi connectivity index (χ4v) is 2.51. The van der Waals surface area contributed by atoms with Crippen molar-refractivity contribution in [2.45, 2.75) is 58.4 Å². The summed E-state index contributed by atoms with van der Waals surface area (Å²) >= 11 is 0. The van der Waals surface area contributed by atoms with Gasteiger partial charge in [0, 0.05) is 19.0 Å². The maximum Gasteiger partial charge on any atom is 0.223 e. The zero-order valence-electron chi connectivity index (χ0n) is 10.7. The number of hydrogen-bond acceptors (Lipinski definition) is 2. The Morgan fingerprint density at radius 3 is 2.75 bits per heavy atom. The first-order valence-corrected chi connectivity index (χ1v) is 6.72. The van der Waals surface area contributed by atoms with Crippen molar-refractivity contribution < 1.29 is 4.79 Å². The number of carbonyl (C=O) groups excluding carboxylic acids is 1. The molecule has 1 fully saturated rings. The monoisotopic (exact) mass is 226 g/mol. The SMILES string of the molecule is CCC(CN)CC(=O)N1CCCCC1CC. The Morgan fingerprint density at radius 2 is 2.19 bits per heavy atom. The van der Waals surface area contributed by atoms with Gasteiger partial charge in [0.15, 0.2) is 0 Å². The van der Waals surface area contributed by atoms with Crippen LogP contribution < -0.4 is 5.73 Å². The first-order valence-electron chi connectivity index (χ1n) is 6.72. The van der Waals surface area contributed by atoms with Gasteiger partial charge >= 0.3 is 0 Å². The van der Waals surface area contributed by atoms with Gasteiger partial charge in [-0.05, 0) is 38.1 Å². The molecule has 0 radical (unpaired) electrons. The molecule has 3 heteroatoms. The Morgan fingerprint density at radius 1 is 1.44 bits per heavy atom. The lowest BCUT2D eigenvalue weighted by Crippen LogP contribution is -2.44. The second-order valence-corrected chi connectivity index (χ2v) is 4.86. The summed E-state index contributed by atoms with van der Waals surface area (Å²) in [4.78, 5) is 14.3. The Kier molecular flexibility index (Phi) is 5.81. The largest absolute Gasteiger partial charge is 0.340 e. The molecule has 16 heavy (non-hydrogen) atoms. The molecule has 0 aromatic rings. The molecule has 0 aliphatic carbocycles. The highest BCUT2D eigenvalue weighted by Gasteiger charge is 2.26. The molecule has 94 valence electrons. The molecule has 0 aromatic carbocycles. The average molecular weight is 226 g/mol. The molecule has 1 rings (SSSR count). The minimum Gasteiger partial charge on any atom is -0.340 e. The molecule has 0 aromatic heterocycles. The van der Waals surface area contributed by atoms with E-state index in [1.165, 1.54) is 19.3 Å². The van der Waals surface area contributed by atoms with Gasteiger partial charge in [-0.1, -0.05) is 20.3 Å². The number of piperidine rings is 1. The summed E-state index contributed by atoms with van der Waals surface area (Å²) in [5, 5.41) is 0. The van der Waals surface area contributed by atoms with Crippen molar-refractivity contribution in [1.82, 2.24) is 4.90 Å². The van der Waals surface area contributed by atoms with E-state index in [1.807, 2.05) is 0 Å². The Bertz CT molecular complexity index is 214. The lowest BCUT2D eigenvalue weighted by Gasteiger charge is -2.36. The van der Waals surface area contributed by atoms with Gasteiger partial charge in [-0.15, -0.1) is 0 Å². The van der Waals surface area contributed by atoms with E-state index >= 15 is 0 Å². The second-order valence-electron chi connectivity index (χ2n) is 4.86. The Balaban J connectivity index is 2.50. The molecule has 2 atom stereocenters. The first-order chi connectivity index (χ1) is 7.72. The molecule has 2 N–H and O–H groups in total. The zero-order valence-corrected chi connectivity index (χ0v) is 10.7. The topological polar surface area (TPSA) is 46.3 Å². The summed E-state index contributed by atoms with van der Waals surface area (Å²) < 4.78 is 0. The molecule has 0 spiro atoms. The van der Waals surface area contributed by atoms with Gasteiger partial charge in [0.25, 0.3) is 0 Å². The highest BCUT2D eigenvalue weighted by atomic mass is 16.2. The van der Waals surface area contributed by atoms with E-state index in [2.05, 4.69) is 18.7 Å². The van der Waals surface area contributed by atoms with Crippen molar-refractivity contribution in [3.05, 3.63) is 0 Å². The third-order valence-corrected chi connectivity index (χ3v) is 3.79. The van der Waals surface area contributed by atoms with Crippen molar-refractivity contribution in [1.29, 1.82) is 0 Å². The smallest absolute Gasteiger partial charge is 0.223 e. The van der Waals surface area contributed by atoms with Crippen molar-refractivity contribution in [3.63, 3.8) is 0 Å². The lowest BCUT2D eigenvalue weighted by molar-refractivity contribution is -0.135. The molecule has 3 nitrogen and oxygen atoms in total. The zero-order chi connectivity index (χ0) is 12.0. The maximum absolute atomic E-state index is 12.2. The van der Waals surface area contributed by atoms with Gasteiger partial charge < -0.3 is 10.6 Å². The van der Waals surface area contributed by atoms with E-state index < -0.39 is 0 Å². The minimum absolute atomic E-state index is 0.323. The van der Waals surface area contributed by atoms with Crippen LogP contribution in [0.5, 0.6) is 0 Å². The normalized spacial score (nSPS) is 23.2. The predicted octanol–water partition coefficient (Wildman–Crippen LogP) is 2.15. The fourth-order valence-electron chi connectivity index (χ4n) is 2.51. The average Bonchev–Trinajstić information content (AvgIpc) is 2.35. The van der Waals surface area contributed by atoms with Crippen molar-refractivity contribution in [3.8, 4) is 0 Å². The van der Waals surface area contributed by atoms with Crippen LogP contribution in [-0.2, 0) is 4.79 Å². The third kappa shape index (κ3) is 3.48. The van der Waals surface area contributed by atoms with E-state index in [9.17, 15) is 4.79 Å². The van der Waals surface area contributed by atoms with Gasteiger partial charge in [0.05, 0.1) is 0 Å². The van der Waals surface area contributed by atoms with Gasteiger partial charge in [-0.25, -0.2) is 0 Å². The van der Waals surface area contributed by atoms with Crippen LogP contribution in [0.2, 0.25) is 0 Å². The standard InChI is InChI=1S/C13H26N2O/c1-3-11(10-14)9-13(16)15-8-6-5-7-12(15)4-2/h11-12H,3-10,14H2,1-2H3. The van der Waals surface area contributed by atoms with Crippen LogP contribution in [-0.4, -0.2) is 29.9 Å². The number of hydrogen-bond donors (Lipinski definition) is 1.